The largest absolute Gasteiger partial charge is 0.497 e. The minimum absolute atomic E-state index is 0.0497. The van der Waals surface area contributed by atoms with Crippen molar-refractivity contribution in [1.82, 2.24) is 10.2 Å². The molecule has 0 spiro atoms. The number of ether oxygens (including phenoxy) is 1. The Morgan fingerprint density at radius 3 is 2.26 bits per heavy atom. The van der Waals surface area contributed by atoms with Crippen molar-refractivity contribution in [3.8, 4) is 5.75 Å². The van der Waals surface area contributed by atoms with Crippen molar-refractivity contribution in [3.05, 3.63) is 101 Å². The Bertz CT molecular complexity index is 1070. The number of nitrogens with zero attached hydrogens (tertiary/aromatic N) is 1. The van der Waals surface area contributed by atoms with Crippen LogP contribution in [0.3, 0.4) is 0 Å². The van der Waals surface area contributed by atoms with E-state index in [1.54, 1.807) is 30.8 Å². The highest BCUT2D eigenvalue weighted by Gasteiger charge is 2.29. The fraction of sp³-hybridized carbons (Fsp3) is 0.286. The van der Waals surface area contributed by atoms with Gasteiger partial charge in [-0.1, -0.05) is 66.7 Å². The fourth-order valence-electron chi connectivity index (χ4n) is 3.75. The second-order valence-corrected chi connectivity index (χ2v) is 9.09. The lowest BCUT2D eigenvalue weighted by Gasteiger charge is -2.31. The van der Waals surface area contributed by atoms with Gasteiger partial charge >= 0.3 is 0 Å². The topological polar surface area (TPSA) is 58.6 Å². The third kappa shape index (κ3) is 7.12. The van der Waals surface area contributed by atoms with Crippen molar-refractivity contribution in [2.45, 2.75) is 31.7 Å². The van der Waals surface area contributed by atoms with Crippen LogP contribution in [0.2, 0.25) is 0 Å². The summed E-state index contributed by atoms with van der Waals surface area (Å²) in [5.41, 5.74) is 4.28. The van der Waals surface area contributed by atoms with Crippen LogP contribution in [0.5, 0.6) is 5.75 Å². The molecule has 0 unspecified atom stereocenters. The molecule has 0 aliphatic heterocycles. The summed E-state index contributed by atoms with van der Waals surface area (Å²) in [7, 11) is 3.26. The monoisotopic (exact) mass is 476 g/mol. The van der Waals surface area contributed by atoms with Gasteiger partial charge in [0.1, 0.15) is 11.8 Å². The van der Waals surface area contributed by atoms with E-state index in [-0.39, 0.29) is 11.8 Å². The predicted octanol–water partition coefficient (Wildman–Crippen LogP) is 4.62. The summed E-state index contributed by atoms with van der Waals surface area (Å²) in [6, 6.07) is 25.1. The lowest BCUT2D eigenvalue weighted by Crippen LogP contribution is -2.50. The molecule has 0 aromatic heterocycles. The number of nitrogens with one attached hydrogen (secondary N) is 1. The molecule has 0 heterocycles. The average molecular weight is 477 g/mol. The van der Waals surface area contributed by atoms with E-state index in [2.05, 4.69) is 5.32 Å². The number of aryl methyl sites for hydroxylation is 1. The molecule has 6 heteroatoms. The molecular formula is C28H32N2O3S. The highest BCUT2D eigenvalue weighted by molar-refractivity contribution is 7.99. The lowest BCUT2D eigenvalue weighted by atomic mass is 10.0. The second kappa shape index (κ2) is 12.8. The van der Waals surface area contributed by atoms with Gasteiger partial charge in [0.2, 0.25) is 11.8 Å². The molecule has 0 saturated carbocycles. The molecular weight excluding hydrogens is 444 g/mol. The molecule has 3 aromatic rings. The summed E-state index contributed by atoms with van der Waals surface area (Å²) in [5.74, 6) is 1.60. The van der Waals surface area contributed by atoms with Gasteiger partial charge in [0.25, 0.3) is 0 Å². The molecule has 0 saturated heterocycles. The molecule has 3 rings (SSSR count). The molecule has 1 atom stereocenters. The number of amides is 2. The molecule has 3 aromatic carbocycles. The molecule has 0 aliphatic carbocycles. The number of carbonyl (C=O) groups is 2. The number of likely N-dealkylation sites (N-methyl/N-ethyl adjacent to an activating group) is 1. The number of rotatable bonds is 11. The Morgan fingerprint density at radius 1 is 0.941 bits per heavy atom. The van der Waals surface area contributed by atoms with Gasteiger partial charge in [0.05, 0.1) is 12.9 Å². The molecule has 5 nitrogen and oxygen atoms in total. The first-order chi connectivity index (χ1) is 16.5. The van der Waals surface area contributed by atoms with E-state index in [9.17, 15) is 9.59 Å². The molecule has 0 fully saturated rings. The molecule has 0 aliphatic rings. The Labute approximate surface area is 206 Å². The molecule has 34 heavy (non-hydrogen) atoms. The molecule has 2 amide bonds. The highest BCUT2D eigenvalue weighted by Crippen LogP contribution is 2.20. The zero-order valence-corrected chi connectivity index (χ0v) is 20.8. The van der Waals surface area contributed by atoms with Crippen LogP contribution >= 0.6 is 11.8 Å². The third-order valence-electron chi connectivity index (χ3n) is 5.77. The van der Waals surface area contributed by atoms with Crippen molar-refractivity contribution in [2.75, 3.05) is 19.9 Å². The number of carbonyl (C=O) groups excluding carboxylic acids is 2. The molecule has 1 N–H and O–H groups in total. The second-order valence-electron chi connectivity index (χ2n) is 8.11. The standard InChI is InChI=1S/C28H32N2O3S/c1-21-9-7-8-12-24(21)18-30(26(28(32)29-2)17-22-10-5-4-6-11-22)27(31)20-34-19-23-13-15-25(33-3)16-14-23/h4-16,26H,17-20H2,1-3H3,(H,29,32)/t26-/m0/s1. The minimum Gasteiger partial charge on any atom is -0.497 e. The van der Waals surface area contributed by atoms with Crippen LogP contribution in [-0.4, -0.2) is 42.7 Å². The summed E-state index contributed by atoms with van der Waals surface area (Å²) in [5, 5.41) is 2.76. The van der Waals surface area contributed by atoms with E-state index in [1.165, 1.54) is 0 Å². The van der Waals surface area contributed by atoms with Gasteiger partial charge < -0.3 is 15.0 Å². The predicted molar refractivity (Wildman–Crippen MR) is 139 cm³/mol. The molecule has 178 valence electrons. The van der Waals surface area contributed by atoms with Crippen molar-refractivity contribution >= 4 is 23.6 Å². The zero-order chi connectivity index (χ0) is 24.3. The number of hydrogen-bond acceptors (Lipinski definition) is 4. The Kier molecular flexibility index (Phi) is 9.59. The van der Waals surface area contributed by atoms with Gasteiger partial charge in [0, 0.05) is 25.8 Å². The lowest BCUT2D eigenvalue weighted by molar-refractivity contribution is -0.139. The van der Waals surface area contributed by atoms with Crippen LogP contribution in [-0.2, 0) is 28.3 Å². The van der Waals surface area contributed by atoms with Gasteiger partial charge in [-0.3, -0.25) is 9.59 Å². The van der Waals surface area contributed by atoms with Crippen molar-refractivity contribution in [3.63, 3.8) is 0 Å². The van der Waals surface area contributed by atoms with Crippen LogP contribution < -0.4 is 10.1 Å². The van der Waals surface area contributed by atoms with E-state index in [4.69, 9.17) is 4.74 Å². The first-order valence-electron chi connectivity index (χ1n) is 11.3. The SMILES string of the molecule is CNC(=O)[C@H](Cc1ccccc1)N(Cc1ccccc1C)C(=O)CSCc1ccc(OC)cc1. The van der Waals surface area contributed by atoms with Crippen molar-refractivity contribution in [1.29, 1.82) is 0 Å². The van der Waals surface area contributed by atoms with Gasteiger partial charge in [-0.05, 0) is 41.3 Å². The number of methoxy groups -OCH3 is 1. The number of thioether (sulfide) groups is 1. The maximum Gasteiger partial charge on any atom is 0.242 e. The third-order valence-corrected chi connectivity index (χ3v) is 6.76. The number of benzene rings is 3. The van der Waals surface area contributed by atoms with Crippen molar-refractivity contribution in [2.24, 2.45) is 0 Å². The molecule has 0 radical (unpaired) electrons. The van der Waals surface area contributed by atoms with Crippen LogP contribution in [0.25, 0.3) is 0 Å². The van der Waals surface area contributed by atoms with Crippen LogP contribution in [0, 0.1) is 6.92 Å². The summed E-state index contributed by atoms with van der Waals surface area (Å²) in [6.07, 6.45) is 0.460. The van der Waals surface area contributed by atoms with Crippen LogP contribution in [0.1, 0.15) is 22.3 Å². The maximum atomic E-state index is 13.5. The average Bonchev–Trinajstić information content (AvgIpc) is 2.87. The van der Waals surface area contributed by atoms with E-state index in [1.807, 2.05) is 85.8 Å². The quantitative estimate of drug-likeness (QED) is 0.439. The Balaban J connectivity index is 1.79. The normalized spacial score (nSPS) is 11.5. The minimum atomic E-state index is -0.596. The zero-order valence-electron chi connectivity index (χ0n) is 20.0. The van der Waals surface area contributed by atoms with Gasteiger partial charge in [-0.2, -0.15) is 0 Å². The number of hydrogen-bond donors (Lipinski definition) is 1. The smallest absolute Gasteiger partial charge is 0.242 e. The Hall–Kier alpha value is -3.25. The summed E-state index contributed by atoms with van der Waals surface area (Å²) < 4.78 is 5.21. The van der Waals surface area contributed by atoms with E-state index >= 15 is 0 Å². The fourth-order valence-corrected chi connectivity index (χ4v) is 4.62. The van der Waals surface area contributed by atoms with Crippen LogP contribution in [0.15, 0.2) is 78.9 Å². The first kappa shape index (κ1) is 25.4. The van der Waals surface area contributed by atoms with Crippen molar-refractivity contribution < 1.29 is 14.3 Å². The Morgan fingerprint density at radius 2 is 1.62 bits per heavy atom. The summed E-state index contributed by atoms with van der Waals surface area (Å²) >= 11 is 1.55. The summed E-state index contributed by atoms with van der Waals surface area (Å²) in [4.78, 5) is 28.2. The summed E-state index contributed by atoms with van der Waals surface area (Å²) in [6.45, 7) is 2.42. The van der Waals surface area contributed by atoms with E-state index < -0.39 is 6.04 Å². The molecule has 0 bridgehead atoms. The van der Waals surface area contributed by atoms with Gasteiger partial charge in [-0.25, -0.2) is 0 Å². The van der Waals surface area contributed by atoms with Gasteiger partial charge in [0.15, 0.2) is 0 Å². The van der Waals surface area contributed by atoms with E-state index in [0.717, 1.165) is 28.0 Å². The first-order valence-corrected chi connectivity index (χ1v) is 12.5. The van der Waals surface area contributed by atoms with Crippen LogP contribution in [0.4, 0.5) is 0 Å². The van der Waals surface area contributed by atoms with E-state index in [0.29, 0.717) is 24.5 Å². The van der Waals surface area contributed by atoms with Gasteiger partial charge in [-0.15, -0.1) is 11.8 Å². The highest BCUT2D eigenvalue weighted by atomic mass is 32.2. The maximum absolute atomic E-state index is 13.5.